The third kappa shape index (κ3) is 3.39. The third-order valence-corrected chi connectivity index (χ3v) is 3.69. The average Bonchev–Trinajstić information content (AvgIpc) is 2.39. The van der Waals surface area contributed by atoms with Gasteiger partial charge < -0.3 is 0 Å². The highest BCUT2D eigenvalue weighted by Crippen LogP contribution is 2.31. The van der Waals surface area contributed by atoms with Gasteiger partial charge in [0.15, 0.2) is 0 Å². The van der Waals surface area contributed by atoms with E-state index in [-0.39, 0.29) is 0 Å². The summed E-state index contributed by atoms with van der Waals surface area (Å²) in [5, 5.41) is 10.2. The van der Waals surface area contributed by atoms with E-state index in [1.807, 2.05) is 24.3 Å². The zero-order chi connectivity index (χ0) is 13.8. The number of benzene rings is 2. The van der Waals surface area contributed by atoms with E-state index in [0.717, 1.165) is 10.0 Å². The highest BCUT2D eigenvalue weighted by atomic mass is 79.9. The summed E-state index contributed by atoms with van der Waals surface area (Å²) in [7, 11) is 0. The molecule has 4 heteroatoms. The lowest BCUT2D eigenvalue weighted by Gasteiger charge is -2.05. The molecule has 0 aliphatic heterocycles. The van der Waals surface area contributed by atoms with Crippen molar-refractivity contribution in [1.29, 1.82) is 5.26 Å². The van der Waals surface area contributed by atoms with Crippen LogP contribution in [0.1, 0.15) is 11.1 Å². The zero-order valence-corrected chi connectivity index (χ0v) is 12.8. The van der Waals surface area contributed by atoms with Crippen LogP contribution in [0.3, 0.4) is 0 Å². The van der Waals surface area contributed by atoms with E-state index >= 15 is 0 Å². The lowest BCUT2D eigenvalue weighted by atomic mass is 10.0. The van der Waals surface area contributed by atoms with E-state index < -0.39 is 0 Å². The SMILES string of the molecule is N#C/C(=C/c1ccc(Br)cc1)c1c(Cl)cccc1Cl. The number of allylic oxidation sites excluding steroid dienone is 1. The second kappa shape index (κ2) is 6.25. The lowest BCUT2D eigenvalue weighted by molar-refractivity contribution is 1.52. The van der Waals surface area contributed by atoms with Gasteiger partial charge in [0.05, 0.1) is 21.7 Å². The number of nitrogens with zero attached hydrogens (tertiary/aromatic N) is 1. The Balaban J connectivity index is 2.52. The Labute approximate surface area is 130 Å². The van der Waals surface area contributed by atoms with Crippen LogP contribution in [0.4, 0.5) is 0 Å². The van der Waals surface area contributed by atoms with Gasteiger partial charge in [-0.25, -0.2) is 0 Å². The van der Waals surface area contributed by atoms with Gasteiger partial charge in [-0.05, 0) is 35.9 Å². The Morgan fingerprint density at radius 3 is 2.16 bits per heavy atom. The summed E-state index contributed by atoms with van der Waals surface area (Å²) in [5.74, 6) is 0. The molecule has 1 nitrogen and oxygen atoms in total. The molecule has 0 atom stereocenters. The summed E-state index contributed by atoms with van der Waals surface area (Å²) in [5.41, 5.74) is 1.92. The van der Waals surface area contributed by atoms with Crippen molar-refractivity contribution in [2.24, 2.45) is 0 Å². The molecule has 2 aromatic rings. The molecular formula is C15H8BrCl2N. The summed E-state index contributed by atoms with van der Waals surface area (Å²) >= 11 is 15.6. The summed E-state index contributed by atoms with van der Waals surface area (Å²) in [6.07, 6.45) is 1.76. The summed E-state index contributed by atoms with van der Waals surface area (Å²) in [4.78, 5) is 0. The molecule has 19 heavy (non-hydrogen) atoms. The van der Waals surface area contributed by atoms with Gasteiger partial charge in [-0.15, -0.1) is 0 Å². The maximum atomic E-state index is 9.30. The third-order valence-electron chi connectivity index (χ3n) is 2.53. The molecule has 0 aromatic heterocycles. The molecule has 0 N–H and O–H groups in total. The van der Waals surface area contributed by atoms with E-state index in [0.29, 0.717) is 21.2 Å². The van der Waals surface area contributed by atoms with Gasteiger partial charge in [0.1, 0.15) is 0 Å². The lowest BCUT2D eigenvalue weighted by Crippen LogP contribution is -1.86. The molecule has 0 aliphatic rings. The molecule has 0 fully saturated rings. The molecule has 0 heterocycles. The number of halogens is 3. The zero-order valence-electron chi connectivity index (χ0n) is 9.70. The van der Waals surface area contributed by atoms with Crippen LogP contribution >= 0.6 is 39.1 Å². The fraction of sp³-hybridized carbons (Fsp3) is 0. The predicted octanol–water partition coefficient (Wildman–Crippen LogP) is 5.82. The maximum Gasteiger partial charge on any atom is 0.0999 e. The van der Waals surface area contributed by atoms with Crippen molar-refractivity contribution >= 4 is 50.8 Å². The molecule has 2 aromatic carbocycles. The highest BCUT2D eigenvalue weighted by molar-refractivity contribution is 9.10. The van der Waals surface area contributed by atoms with Gasteiger partial charge in [0.25, 0.3) is 0 Å². The van der Waals surface area contributed by atoms with Crippen molar-refractivity contribution in [2.75, 3.05) is 0 Å². The molecule has 0 saturated carbocycles. The van der Waals surface area contributed by atoms with Crippen LogP contribution < -0.4 is 0 Å². The van der Waals surface area contributed by atoms with E-state index in [1.165, 1.54) is 0 Å². The smallest absolute Gasteiger partial charge is 0.0999 e. The van der Waals surface area contributed by atoms with Crippen LogP contribution in [-0.2, 0) is 0 Å². The van der Waals surface area contributed by atoms with Gasteiger partial charge in [-0.3, -0.25) is 0 Å². The molecule has 94 valence electrons. The second-order valence-corrected chi connectivity index (χ2v) is 5.55. The van der Waals surface area contributed by atoms with Gasteiger partial charge in [0.2, 0.25) is 0 Å². The van der Waals surface area contributed by atoms with Crippen molar-refractivity contribution in [3.63, 3.8) is 0 Å². The van der Waals surface area contributed by atoms with Crippen molar-refractivity contribution in [3.8, 4) is 6.07 Å². The summed E-state index contributed by atoms with van der Waals surface area (Å²) in [6, 6.07) is 15.0. The first kappa shape index (κ1) is 14.1. The van der Waals surface area contributed by atoms with E-state index in [2.05, 4.69) is 22.0 Å². The normalized spacial score (nSPS) is 11.2. The van der Waals surface area contributed by atoms with Crippen molar-refractivity contribution in [3.05, 3.63) is 68.1 Å². The van der Waals surface area contributed by atoms with Crippen LogP contribution in [0.15, 0.2) is 46.9 Å². The van der Waals surface area contributed by atoms with Crippen LogP contribution in [-0.4, -0.2) is 0 Å². The molecule has 0 saturated heterocycles. The minimum atomic E-state index is 0.443. The van der Waals surface area contributed by atoms with Crippen LogP contribution in [0, 0.1) is 11.3 Å². The van der Waals surface area contributed by atoms with Gasteiger partial charge in [0, 0.05) is 10.0 Å². The van der Waals surface area contributed by atoms with Gasteiger partial charge >= 0.3 is 0 Å². The van der Waals surface area contributed by atoms with Crippen molar-refractivity contribution < 1.29 is 0 Å². The Kier molecular flexibility index (Phi) is 4.66. The molecule has 0 unspecified atom stereocenters. The molecule has 2 rings (SSSR count). The van der Waals surface area contributed by atoms with Crippen molar-refractivity contribution in [1.82, 2.24) is 0 Å². The van der Waals surface area contributed by atoms with Crippen LogP contribution in [0.25, 0.3) is 11.6 Å². The Bertz CT molecular complexity index is 649. The largest absolute Gasteiger partial charge is 0.192 e. The van der Waals surface area contributed by atoms with E-state index in [4.69, 9.17) is 23.2 Å². The summed E-state index contributed by atoms with van der Waals surface area (Å²) in [6.45, 7) is 0. The van der Waals surface area contributed by atoms with E-state index in [9.17, 15) is 5.26 Å². The Morgan fingerprint density at radius 1 is 1.05 bits per heavy atom. The van der Waals surface area contributed by atoms with Gasteiger partial charge in [-0.1, -0.05) is 57.3 Å². The molecule has 0 bridgehead atoms. The number of hydrogen-bond donors (Lipinski definition) is 0. The average molecular weight is 353 g/mol. The van der Waals surface area contributed by atoms with Gasteiger partial charge in [-0.2, -0.15) is 5.26 Å². The fourth-order valence-electron chi connectivity index (χ4n) is 1.64. The monoisotopic (exact) mass is 351 g/mol. The minimum absolute atomic E-state index is 0.443. The molecular weight excluding hydrogens is 345 g/mol. The quantitative estimate of drug-likeness (QED) is 0.493. The molecule has 0 aliphatic carbocycles. The Morgan fingerprint density at radius 2 is 1.63 bits per heavy atom. The number of nitriles is 1. The Hall–Kier alpha value is -1.27. The maximum absolute atomic E-state index is 9.30. The highest BCUT2D eigenvalue weighted by Gasteiger charge is 2.10. The number of hydrogen-bond acceptors (Lipinski definition) is 1. The van der Waals surface area contributed by atoms with Crippen molar-refractivity contribution in [2.45, 2.75) is 0 Å². The minimum Gasteiger partial charge on any atom is -0.192 e. The first-order chi connectivity index (χ1) is 9.11. The summed E-state index contributed by atoms with van der Waals surface area (Å²) < 4.78 is 0.985. The van der Waals surface area contributed by atoms with Crippen LogP contribution in [0.2, 0.25) is 10.0 Å². The predicted molar refractivity (Wildman–Crippen MR) is 84.1 cm³/mol. The second-order valence-electron chi connectivity index (χ2n) is 3.82. The number of rotatable bonds is 2. The first-order valence-corrected chi connectivity index (χ1v) is 6.98. The van der Waals surface area contributed by atoms with Crippen LogP contribution in [0.5, 0.6) is 0 Å². The first-order valence-electron chi connectivity index (χ1n) is 5.43. The fourth-order valence-corrected chi connectivity index (χ4v) is 2.51. The molecule has 0 amide bonds. The van der Waals surface area contributed by atoms with E-state index in [1.54, 1.807) is 24.3 Å². The topological polar surface area (TPSA) is 23.8 Å². The molecule has 0 radical (unpaired) electrons. The molecule has 0 spiro atoms. The standard InChI is InChI=1S/C15H8BrCl2N/c16-12-6-4-10(5-7-12)8-11(9-19)15-13(17)2-1-3-14(15)18/h1-8H/b11-8-.